The zero-order chi connectivity index (χ0) is 21.8. The summed E-state index contributed by atoms with van der Waals surface area (Å²) in [4.78, 5) is 15.1. The van der Waals surface area contributed by atoms with Crippen molar-refractivity contribution in [1.29, 1.82) is 0 Å². The van der Waals surface area contributed by atoms with E-state index in [9.17, 15) is 0 Å². The van der Waals surface area contributed by atoms with Crippen LogP contribution in [0.4, 0.5) is 5.82 Å². The van der Waals surface area contributed by atoms with Gasteiger partial charge in [0.25, 0.3) is 0 Å². The summed E-state index contributed by atoms with van der Waals surface area (Å²) in [5.41, 5.74) is 1.95. The molecule has 3 heterocycles. The van der Waals surface area contributed by atoms with Gasteiger partial charge in [-0.2, -0.15) is 5.10 Å². The molecule has 1 saturated heterocycles. The predicted molar refractivity (Wildman–Crippen MR) is 128 cm³/mol. The maximum Gasteiger partial charge on any atom is 0.168 e. The van der Waals surface area contributed by atoms with Crippen molar-refractivity contribution in [2.45, 2.75) is 47.0 Å². The lowest BCUT2D eigenvalue weighted by atomic mass is 10.1. The molecule has 0 saturated carbocycles. The molecule has 31 heavy (non-hydrogen) atoms. The first-order valence-electron chi connectivity index (χ1n) is 11.8. The van der Waals surface area contributed by atoms with Crippen LogP contribution in [0.3, 0.4) is 0 Å². The molecule has 4 rings (SSSR count). The van der Waals surface area contributed by atoms with E-state index in [0.29, 0.717) is 5.92 Å². The third kappa shape index (κ3) is 5.24. The van der Waals surface area contributed by atoms with Crippen molar-refractivity contribution < 1.29 is 0 Å². The number of benzene rings is 1. The lowest BCUT2D eigenvalue weighted by molar-refractivity contribution is 0.275. The topological polar surface area (TPSA) is 50.1 Å². The first-order chi connectivity index (χ1) is 15.0. The normalized spacial score (nSPS) is 15.9. The van der Waals surface area contributed by atoms with Crippen LogP contribution < -0.4 is 4.90 Å². The standard InChI is InChI=1S/C25H36N6/c1-19(2)11-14-29-12-8-13-30(16-15-29)24-22-18-26-31(21-9-6-5-7-10-21)25(22)28-23(27-24)17-20(3)4/h5-7,9-10,18-20H,8,11-17H2,1-4H3. The summed E-state index contributed by atoms with van der Waals surface area (Å²) in [6, 6.07) is 10.3. The molecule has 0 bridgehead atoms. The lowest BCUT2D eigenvalue weighted by Crippen LogP contribution is -2.32. The molecule has 6 nitrogen and oxygen atoms in total. The minimum Gasteiger partial charge on any atom is -0.355 e. The number of aromatic nitrogens is 4. The first kappa shape index (κ1) is 21.8. The smallest absolute Gasteiger partial charge is 0.168 e. The molecule has 0 N–H and O–H groups in total. The van der Waals surface area contributed by atoms with Crippen molar-refractivity contribution >= 4 is 16.9 Å². The van der Waals surface area contributed by atoms with Crippen LogP contribution in [0, 0.1) is 11.8 Å². The molecular weight excluding hydrogens is 384 g/mol. The van der Waals surface area contributed by atoms with Crippen LogP contribution in [0.1, 0.15) is 46.4 Å². The van der Waals surface area contributed by atoms with Gasteiger partial charge in [0.2, 0.25) is 0 Å². The van der Waals surface area contributed by atoms with E-state index < -0.39 is 0 Å². The van der Waals surface area contributed by atoms with Crippen molar-refractivity contribution in [3.05, 3.63) is 42.4 Å². The quantitative estimate of drug-likeness (QED) is 0.560. The minimum atomic E-state index is 0.508. The van der Waals surface area contributed by atoms with Gasteiger partial charge in [-0.25, -0.2) is 14.6 Å². The Bertz CT molecular complexity index is 978. The van der Waals surface area contributed by atoms with Gasteiger partial charge in [-0.1, -0.05) is 45.9 Å². The van der Waals surface area contributed by atoms with Crippen molar-refractivity contribution in [2.75, 3.05) is 37.6 Å². The molecule has 3 aromatic rings. The van der Waals surface area contributed by atoms with E-state index in [1.54, 1.807) is 0 Å². The molecule has 0 unspecified atom stereocenters. The Morgan fingerprint density at radius 2 is 1.71 bits per heavy atom. The molecule has 1 aliphatic heterocycles. The Kier molecular flexibility index (Phi) is 6.86. The highest BCUT2D eigenvalue weighted by Gasteiger charge is 2.22. The summed E-state index contributed by atoms with van der Waals surface area (Å²) in [6.45, 7) is 14.5. The fraction of sp³-hybridized carbons (Fsp3) is 0.560. The van der Waals surface area contributed by atoms with Crippen molar-refractivity contribution in [2.24, 2.45) is 11.8 Å². The minimum absolute atomic E-state index is 0.508. The van der Waals surface area contributed by atoms with Gasteiger partial charge in [0.15, 0.2) is 5.65 Å². The third-order valence-corrected chi connectivity index (χ3v) is 5.96. The average molecular weight is 421 g/mol. The highest BCUT2D eigenvalue weighted by molar-refractivity contribution is 5.88. The van der Waals surface area contributed by atoms with Gasteiger partial charge in [0.1, 0.15) is 11.6 Å². The average Bonchev–Trinajstić information content (AvgIpc) is 3.02. The monoisotopic (exact) mass is 420 g/mol. The van der Waals surface area contributed by atoms with Gasteiger partial charge in [-0.15, -0.1) is 0 Å². The number of anilines is 1. The maximum atomic E-state index is 5.06. The van der Waals surface area contributed by atoms with Crippen LogP contribution in [0.15, 0.2) is 36.5 Å². The van der Waals surface area contributed by atoms with Crippen molar-refractivity contribution in [3.8, 4) is 5.69 Å². The molecule has 1 aliphatic rings. The molecule has 1 fully saturated rings. The zero-order valence-electron chi connectivity index (χ0n) is 19.5. The van der Waals surface area contributed by atoms with Crippen LogP contribution in [-0.2, 0) is 6.42 Å². The second-order valence-electron chi connectivity index (χ2n) is 9.56. The van der Waals surface area contributed by atoms with Crippen LogP contribution >= 0.6 is 0 Å². The van der Waals surface area contributed by atoms with Gasteiger partial charge in [-0.3, -0.25) is 0 Å². The summed E-state index contributed by atoms with van der Waals surface area (Å²) in [5, 5.41) is 5.75. The van der Waals surface area contributed by atoms with E-state index in [-0.39, 0.29) is 0 Å². The largest absolute Gasteiger partial charge is 0.355 e. The fourth-order valence-corrected chi connectivity index (χ4v) is 4.24. The number of hydrogen-bond donors (Lipinski definition) is 0. The molecule has 1 aromatic carbocycles. The molecule has 2 aromatic heterocycles. The molecule has 0 aliphatic carbocycles. The number of nitrogens with zero attached hydrogens (tertiary/aromatic N) is 6. The predicted octanol–water partition coefficient (Wildman–Crippen LogP) is 4.57. The second kappa shape index (κ2) is 9.77. The summed E-state index contributed by atoms with van der Waals surface area (Å²) >= 11 is 0. The molecule has 0 radical (unpaired) electrons. The fourth-order valence-electron chi connectivity index (χ4n) is 4.24. The van der Waals surface area contributed by atoms with E-state index in [1.165, 1.54) is 19.5 Å². The van der Waals surface area contributed by atoms with Crippen LogP contribution in [0.5, 0.6) is 0 Å². The summed E-state index contributed by atoms with van der Waals surface area (Å²) in [7, 11) is 0. The van der Waals surface area contributed by atoms with E-state index in [2.05, 4.69) is 49.6 Å². The molecule has 166 valence electrons. The third-order valence-electron chi connectivity index (χ3n) is 5.96. The Hall–Kier alpha value is -2.47. The molecule has 6 heteroatoms. The number of hydrogen-bond acceptors (Lipinski definition) is 5. The molecule has 0 atom stereocenters. The van der Waals surface area contributed by atoms with E-state index in [4.69, 9.17) is 15.1 Å². The SMILES string of the molecule is CC(C)CCN1CCCN(c2nc(CC(C)C)nc3c2cnn3-c2ccccc2)CC1. The number of para-hydroxylation sites is 1. The Labute approximate surface area is 186 Å². The molecule has 0 spiro atoms. The van der Waals surface area contributed by atoms with Gasteiger partial charge in [-0.05, 0) is 49.9 Å². The van der Waals surface area contributed by atoms with Crippen molar-refractivity contribution in [1.82, 2.24) is 24.6 Å². The highest BCUT2D eigenvalue weighted by atomic mass is 15.3. The first-order valence-corrected chi connectivity index (χ1v) is 11.8. The zero-order valence-corrected chi connectivity index (χ0v) is 19.5. The van der Waals surface area contributed by atoms with Gasteiger partial charge in [0.05, 0.1) is 17.3 Å². The summed E-state index contributed by atoms with van der Waals surface area (Å²) in [5.74, 6) is 3.22. The van der Waals surface area contributed by atoms with Crippen LogP contribution in [-0.4, -0.2) is 57.4 Å². The van der Waals surface area contributed by atoms with E-state index in [1.807, 2.05) is 29.1 Å². The highest BCUT2D eigenvalue weighted by Crippen LogP contribution is 2.27. The Morgan fingerprint density at radius 3 is 2.45 bits per heavy atom. The summed E-state index contributed by atoms with van der Waals surface area (Å²) in [6.07, 6.45) is 5.24. The second-order valence-corrected chi connectivity index (χ2v) is 9.56. The number of fused-ring (bicyclic) bond motifs is 1. The maximum absolute atomic E-state index is 5.06. The number of rotatable bonds is 7. The van der Waals surface area contributed by atoms with Crippen molar-refractivity contribution in [3.63, 3.8) is 0 Å². The van der Waals surface area contributed by atoms with Crippen LogP contribution in [0.2, 0.25) is 0 Å². The Morgan fingerprint density at radius 1 is 0.903 bits per heavy atom. The molecule has 0 amide bonds. The van der Waals surface area contributed by atoms with Gasteiger partial charge < -0.3 is 9.80 Å². The summed E-state index contributed by atoms with van der Waals surface area (Å²) < 4.78 is 1.96. The van der Waals surface area contributed by atoms with Gasteiger partial charge >= 0.3 is 0 Å². The lowest BCUT2D eigenvalue weighted by Gasteiger charge is -2.24. The molecular formula is C25H36N6. The van der Waals surface area contributed by atoms with Gasteiger partial charge in [0, 0.05) is 26.1 Å². The Balaban J connectivity index is 1.67. The van der Waals surface area contributed by atoms with E-state index in [0.717, 1.165) is 66.8 Å². The van der Waals surface area contributed by atoms with Crippen LogP contribution in [0.25, 0.3) is 16.7 Å². The van der Waals surface area contributed by atoms with E-state index >= 15 is 0 Å².